The SMILES string of the molecule is COc1ccc2c(=O)cc(-c3ccc(OCc4ccccc4)c(OCc4ccccc4)c3)oc2c1. The smallest absolute Gasteiger partial charge is 0.193 e. The topological polar surface area (TPSA) is 57.9 Å². The Bertz CT molecular complexity index is 1490. The molecule has 0 fully saturated rings. The Hall–Kier alpha value is -4.51. The number of benzene rings is 4. The maximum Gasteiger partial charge on any atom is 0.193 e. The zero-order valence-electron chi connectivity index (χ0n) is 19.3. The molecule has 5 nitrogen and oxygen atoms in total. The summed E-state index contributed by atoms with van der Waals surface area (Å²) in [5.74, 6) is 2.23. The fraction of sp³-hybridized carbons (Fsp3) is 0.100. The van der Waals surface area contributed by atoms with E-state index in [4.69, 9.17) is 18.6 Å². The van der Waals surface area contributed by atoms with Crippen molar-refractivity contribution in [1.29, 1.82) is 0 Å². The number of rotatable bonds is 8. The van der Waals surface area contributed by atoms with Gasteiger partial charge in [0, 0.05) is 17.7 Å². The second-order valence-electron chi connectivity index (χ2n) is 8.05. The van der Waals surface area contributed by atoms with Crippen molar-refractivity contribution < 1.29 is 18.6 Å². The minimum absolute atomic E-state index is 0.125. The first-order valence-corrected chi connectivity index (χ1v) is 11.3. The summed E-state index contributed by atoms with van der Waals surface area (Å²) >= 11 is 0. The minimum atomic E-state index is -0.125. The third kappa shape index (κ3) is 5.20. The van der Waals surface area contributed by atoms with Crippen LogP contribution in [0.25, 0.3) is 22.3 Å². The van der Waals surface area contributed by atoms with E-state index in [1.54, 1.807) is 25.3 Å². The Balaban J connectivity index is 1.49. The summed E-state index contributed by atoms with van der Waals surface area (Å²) in [6, 6.07) is 32.1. The van der Waals surface area contributed by atoms with Gasteiger partial charge in [0.15, 0.2) is 16.9 Å². The molecule has 0 N–H and O–H groups in total. The molecule has 0 saturated carbocycles. The maximum atomic E-state index is 12.7. The van der Waals surface area contributed by atoms with Crippen LogP contribution in [0.15, 0.2) is 112 Å². The summed E-state index contributed by atoms with van der Waals surface area (Å²) in [4.78, 5) is 12.7. The molecule has 1 aromatic heterocycles. The molecule has 5 heteroatoms. The number of hydrogen-bond acceptors (Lipinski definition) is 5. The molecular formula is C30H24O5. The number of methoxy groups -OCH3 is 1. The summed E-state index contributed by atoms with van der Waals surface area (Å²) in [5.41, 5.74) is 3.14. The molecule has 0 radical (unpaired) electrons. The summed E-state index contributed by atoms with van der Waals surface area (Å²) in [6.07, 6.45) is 0. The normalized spacial score (nSPS) is 10.8. The van der Waals surface area contributed by atoms with Crippen LogP contribution in [0.5, 0.6) is 17.2 Å². The van der Waals surface area contributed by atoms with E-state index in [1.807, 2.05) is 78.9 Å². The second kappa shape index (κ2) is 10.2. The van der Waals surface area contributed by atoms with Gasteiger partial charge < -0.3 is 18.6 Å². The summed E-state index contributed by atoms with van der Waals surface area (Å²) in [7, 11) is 1.58. The molecule has 0 spiro atoms. The van der Waals surface area contributed by atoms with Crippen LogP contribution in [0, 0.1) is 0 Å². The predicted molar refractivity (Wildman–Crippen MR) is 136 cm³/mol. The monoisotopic (exact) mass is 464 g/mol. The van der Waals surface area contributed by atoms with Crippen molar-refractivity contribution in [3.05, 3.63) is 124 Å². The van der Waals surface area contributed by atoms with Crippen molar-refractivity contribution in [3.8, 4) is 28.6 Å². The summed E-state index contributed by atoms with van der Waals surface area (Å²) in [5, 5.41) is 0.498. The molecule has 0 amide bonds. The zero-order chi connectivity index (χ0) is 24.0. The lowest BCUT2D eigenvalue weighted by atomic mass is 10.1. The molecule has 0 unspecified atom stereocenters. The molecule has 0 saturated heterocycles. The van der Waals surface area contributed by atoms with Crippen molar-refractivity contribution in [2.24, 2.45) is 0 Å². The molecule has 0 aliphatic rings. The fourth-order valence-electron chi connectivity index (χ4n) is 3.77. The summed E-state index contributed by atoms with van der Waals surface area (Å²) in [6.45, 7) is 0.789. The minimum Gasteiger partial charge on any atom is -0.497 e. The van der Waals surface area contributed by atoms with Crippen molar-refractivity contribution in [3.63, 3.8) is 0 Å². The number of fused-ring (bicyclic) bond motifs is 1. The fourth-order valence-corrected chi connectivity index (χ4v) is 3.77. The van der Waals surface area contributed by atoms with Gasteiger partial charge >= 0.3 is 0 Å². The van der Waals surface area contributed by atoms with Crippen molar-refractivity contribution in [1.82, 2.24) is 0 Å². The Kier molecular flexibility index (Phi) is 6.48. The van der Waals surface area contributed by atoms with Gasteiger partial charge in [-0.15, -0.1) is 0 Å². The standard InChI is InChI=1S/C30H24O5/c1-32-24-13-14-25-26(31)18-28(35-29(25)17-24)23-12-15-27(33-19-21-8-4-2-5-9-21)30(16-23)34-20-22-10-6-3-7-11-22/h2-18H,19-20H2,1H3. The highest BCUT2D eigenvalue weighted by Crippen LogP contribution is 2.34. The molecule has 1 heterocycles. The molecule has 0 atom stereocenters. The van der Waals surface area contributed by atoms with Crippen molar-refractivity contribution >= 4 is 11.0 Å². The highest BCUT2D eigenvalue weighted by Gasteiger charge is 2.13. The van der Waals surface area contributed by atoms with Crippen molar-refractivity contribution in [2.45, 2.75) is 13.2 Å². The lowest BCUT2D eigenvalue weighted by molar-refractivity contribution is 0.256. The third-order valence-electron chi connectivity index (χ3n) is 5.64. The van der Waals surface area contributed by atoms with E-state index in [2.05, 4.69) is 0 Å². The molecule has 0 aliphatic carbocycles. The molecule has 35 heavy (non-hydrogen) atoms. The molecule has 0 aliphatic heterocycles. The van der Waals surface area contributed by atoms with Gasteiger partial charge in [-0.1, -0.05) is 60.7 Å². The van der Waals surface area contributed by atoms with Gasteiger partial charge in [-0.05, 0) is 41.5 Å². The summed E-state index contributed by atoms with van der Waals surface area (Å²) < 4.78 is 23.6. The first kappa shape index (κ1) is 22.3. The lowest BCUT2D eigenvalue weighted by Crippen LogP contribution is -2.02. The van der Waals surface area contributed by atoms with Crippen LogP contribution in [-0.4, -0.2) is 7.11 Å². The van der Waals surface area contributed by atoms with Crippen LogP contribution >= 0.6 is 0 Å². The van der Waals surface area contributed by atoms with E-state index in [0.29, 0.717) is 52.8 Å². The third-order valence-corrected chi connectivity index (χ3v) is 5.64. The highest BCUT2D eigenvalue weighted by molar-refractivity contribution is 5.80. The average molecular weight is 465 g/mol. The van der Waals surface area contributed by atoms with Gasteiger partial charge in [-0.2, -0.15) is 0 Å². The second-order valence-corrected chi connectivity index (χ2v) is 8.05. The highest BCUT2D eigenvalue weighted by atomic mass is 16.5. The molecule has 5 rings (SSSR count). The Labute approximate surface area is 203 Å². The largest absolute Gasteiger partial charge is 0.497 e. The first-order chi connectivity index (χ1) is 17.2. The van der Waals surface area contributed by atoms with Crippen LogP contribution in [0.2, 0.25) is 0 Å². The van der Waals surface area contributed by atoms with Crippen LogP contribution in [0.3, 0.4) is 0 Å². The van der Waals surface area contributed by atoms with E-state index in [0.717, 1.165) is 11.1 Å². The van der Waals surface area contributed by atoms with Gasteiger partial charge in [0.05, 0.1) is 12.5 Å². The number of hydrogen-bond donors (Lipinski definition) is 0. The first-order valence-electron chi connectivity index (χ1n) is 11.3. The van der Waals surface area contributed by atoms with Gasteiger partial charge in [-0.25, -0.2) is 0 Å². The molecule has 174 valence electrons. The Morgan fingerprint density at radius 2 is 1.34 bits per heavy atom. The van der Waals surface area contributed by atoms with Crippen molar-refractivity contribution in [2.75, 3.05) is 7.11 Å². The van der Waals surface area contributed by atoms with E-state index in [1.165, 1.54) is 6.07 Å². The van der Waals surface area contributed by atoms with Crippen LogP contribution < -0.4 is 19.6 Å². The maximum absolute atomic E-state index is 12.7. The number of ether oxygens (including phenoxy) is 3. The van der Waals surface area contributed by atoms with E-state index >= 15 is 0 Å². The van der Waals surface area contributed by atoms with E-state index in [9.17, 15) is 4.79 Å². The van der Waals surface area contributed by atoms with E-state index in [-0.39, 0.29) is 5.43 Å². The van der Waals surface area contributed by atoms with Crippen LogP contribution in [0.1, 0.15) is 11.1 Å². The Morgan fingerprint density at radius 1 is 0.686 bits per heavy atom. The molecule has 5 aromatic rings. The Morgan fingerprint density at radius 3 is 2.00 bits per heavy atom. The lowest BCUT2D eigenvalue weighted by Gasteiger charge is -2.15. The zero-order valence-corrected chi connectivity index (χ0v) is 19.3. The quantitative estimate of drug-likeness (QED) is 0.258. The molecule has 4 aromatic carbocycles. The van der Waals surface area contributed by atoms with Crippen LogP contribution in [-0.2, 0) is 13.2 Å². The van der Waals surface area contributed by atoms with Gasteiger partial charge in [0.2, 0.25) is 0 Å². The molecular weight excluding hydrogens is 440 g/mol. The van der Waals surface area contributed by atoms with Gasteiger partial charge in [0.25, 0.3) is 0 Å². The average Bonchev–Trinajstić information content (AvgIpc) is 2.91. The predicted octanol–water partition coefficient (Wildman–Crippen LogP) is 6.63. The van der Waals surface area contributed by atoms with Crippen LogP contribution in [0.4, 0.5) is 0 Å². The molecule has 0 bridgehead atoms. The van der Waals surface area contributed by atoms with Gasteiger partial charge in [-0.3, -0.25) is 4.79 Å². The van der Waals surface area contributed by atoms with E-state index < -0.39 is 0 Å². The van der Waals surface area contributed by atoms with Gasteiger partial charge in [0.1, 0.15) is 30.3 Å².